The molecular weight excluding hydrogens is 370 g/mol. The summed E-state index contributed by atoms with van der Waals surface area (Å²) in [5.41, 5.74) is 2.71. The van der Waals surface area contributed by atoms with E-state index >= 15 is 0 Å². The summed E-state index contributed by atoms with van der Waals surface area (Å²) in [6.45, 7) is 6.20. The molecule has 0 aliphatic carbocycles. The lowest BCUT2D eigenvalue weighted by Crippen LogP contribution is -2.48. The monoisotopic (exact) mass is 399 g/mol. The quantitative estimate of drug-likeness (QED) is 0.648. The van der Waals surface area contributed by atoms with Gasteiger partial charge in [0.05, 0.1) is 6.04 Å². The van der Waals surface area contributed by atoms with Crippen LogP contribution in [0.1, 0.15) is 30.0 Å². The molecule has 2 aliphatic rings. The minimum Gasteiger partial charge on any atom is -0.356 e. The van der Waals surface area contributed by atoms with Crippen LogP contribution in [0, 0.1) is 0 Å². The van der Waals surface area contributed by atoms with Crippen LogP contribution in [-0.4, -0.2) is 54.1 Å². The maximum atomic E-state index is 4.59. The van der Waals surface area contributed by atoms with Crippen LogP contribution in [0.2, 0.25) is 0 Å². The number of aromatic nitrogens is 2. The van der Waals surface area contributed by atoms with Crippen molar-refractivity contribution < 1.29 is 0 Å². The molecule has 2 fully saturated rings. The van der Waals surface area contributed by atoms with E-state index in [4.69, 9.17) is 0 Å². The van der Waals surface area contributed by atoms with Gasteiger partial charge in [-0.15, -0.1) is 0 Å². The Kier molecular flexibility index (Phi) is 5.62. The Labute approximate surface area is 179 Å². The van der Waals surface area contributed by atoms with Crippen LogP contribution in [0.25, 0.3) is 0 Å². The molecule has 0 N–H and O–H groups in total. The molecule has 2 saturated heterocycles. The number of hydrogen-bond donors (Lipinski definition) is 0. The Balaban J connectivity index is 1.32. The molecule has 0 bridgehead atoms. The molecule has 0 spiro atoms. The second-order valence-corrected chi connectivity index (χ2v) is 8.18. The predicted molar refractivity (Wildman–Crippen MR) is 122 cm³/mol. The topological polar surface area (TPSA) is 35.5 Å². The van der Waals surface area contributed by atoms with Gasteiger partial charge in [0.25, 0.3) is 0 Å². The van der Waals surface area contributed by atoms with Gasteiger partial charge >= 0.3 is 0 Å². The highest BCUT2D eigenvalue weighted by Crippen LogP contribution is 2.30. The first-order valence-corrected chi connectivity index (χ1v) is 11.0. The summed E-state index contributed by atoms with van der Waals surface area (Å²) in [6, 6.07) is 24.2. The van der Waals surface area contributed by atoms with Gasteiger partial charge in [-0.3, -0.25) is 4.90 Å². The number of hydrogen-bond acceptors (Lipinski definition) is 5. The molecule has 0 radical (unpaired) electrons. The molecule has 0 atom stereocenters. The molecule has 2 aromatic carbocycles. The highest BCUT2D eigenvalue weighted by atomic mass is 15.3. The molecule has 0 amide bonds. The molecule has 5 rings (SSSR count). The third-order valence-corrected chi connectivity index (χ3v) is 6.30. The Bertz CT molecular complexity index is 893. The van der Waals surface area contributed by atoms with Gasteiger partial charge in [-0.1, -0.05) is 60.7 Å². The van der Waals surface area contributed by atoms with Gasteiger partial charge in [-0.25, -0.2) is 9.97 Å². The van der Waals surface area contributed by atoms with Crippen molar-refractivity contribution in [2.45, 2.75) is 18.9 Å². The number of anilines is 2. The molecule has 5 heteroatoms. The fourth-order valence-corrected chi connectivity index (χ4v) is 4.72. The molecule has 2 aliphatic heterocycles. The van der Waals surface area contributed by atoms with E-state index in [1.165, 1.54) is 24.0 Å². The van der Waals surface area contributed by atoms with Crippen molar-refractivity contribution in [3.05, 3.63) is 84.2 Å². The van der Waals surface area contributed by atoms with E-state index in [0.29, 0.717) is 6.04 Å². The lowest BCUT2D eigenvalue weighted by atomic mass is 9.96. The first kappa shape index (κ1) is 19.1. The Morgan fingerprint density at radius 2 is 1.10 bits per heavy atom. The maximum Gasteiger partial charge on any atom is 0.134 e. The highest BCUT2D eigenvalue weighted by Gasteiger charge is 2.27. The molecule has 0 saturated carbocycles. The number of piperazine rings is 1. The lowest BCUT2D eigenvalue weighted by molar-refractivity contribution is 0.212. The van der Waals surface area contributed by atoms with Gasteiger partial charge in [-0.05, 0) is 24.0 Å². The van der Waals surface area contributed by atoms with Crippen molar-refractivity contribution in [2.75, 3.05) is 49.1 Å². The summed E-state index contributed by atoms with van der Waals surface area (Å²) in [6.07, 6.45) is 4.25. The van der Waals surface area contributed by atoms with E-state index in [-0.39, 0.29) is 0 Å². The largest absolute Gasteiger partial charge is 0.356 e. The number of rotatable bonds is 5. The lowest BCUT2D eigenvalue weighted by Gasteiger charge is -2.40. The van der Waals surface area contributed by atoms with E-state index in [2.05, 4.69) is 91.4 Å². The van der Waals surface area contributed by atoms with Crippen molar-refractivity contribution in [3.63, 3.8) is 0 Å². The van der Waals surface area contributed by atoms with Gasteiger partial charge in [0.2, 0.25) is 0 Å². The number of benzene rings is 2. The van der Waals surface area contributed by atoms with Crippen LogP contribution in [-0.2, 0) is 0 Å². The molecule has 1 aromatic heterocycles. The third kappa shape index (κ3) is 4.03. The summed E-state index contributed by atoms with van der Waals surface area (Å²) < 4.78 is 0. The van der Waals surface area contributed by atoms with E-state index in [9.17, 15) is 0 Å². The zero-order valence-electron chi connectivity index (χ0n) is 17.4. The van der Waals surface area contributed by atoms with Crippen molar-refractivity contribution >= 4 is 11.6 Å². The van der Waals surface area contributed by atoms with Crippen molar-refractivity contribution in [1.29, 1.82) is 0 Å². The van der Waals surface area contributed by atoms with Crippen LogP contribution in [0.4, 0.5) is 11.6 Å². The second-order valence-electron chi connectivity index (χ2n) is 8.18. The van der Waals surface area contributed by atoms with E-state index in [1.54, 1.807) is 6.33 Å². The van der Waals surface area contributed by atoms with Crippen molar-refractivity contribution in [3.8, 4) is 0 Å². The van der Waals surface area contributed by atoms with Gasteiger partial charge < -0.3 is 9.80 Å². The van der Waals surface area contributed by atoms with Crippen molar-refractivity contribution in [2.24, 2.45) is 0 Å². The van der Waals surface area contributed by atoms with Gasteiger partial charge in [0, 0.05) is 45.3 Å². The molecule has 5 nitrogen and oxygen atoms in total. The average molecular weight is 400 g/mol. The fraction of sp³-hybridized carbons (Fsp3) is 0.360. The summed E-state index contributed by atoms with van der Waals surface area (Å²) >= 11 is 0. The molecule has 154 valence electrons. The average Bonchev–Trinajstić information content (AvgIpc) is 3.37. The van der Waals surface area contributed by atoms with Gasteiger partial charge in [0.15, 0.2) is 0 Å². The van der Waals surface area contributed by atoms with E-state index in [1.807, 2.05) is 0 Å². The minimum absolute atomic E-state index is 0.292. The van der Waals surface area contributed by atoms with Crippen LogP contribution >= 0.6 is 0 Å². The summed E-state index contributed by atoms with van der Waals surface area (Å²) in [5.74, 6) is 2.13. The fourth-order valence-electron chi connectivity index (χ4n) is 4.72. The van der Waals surface area contributed by atoms with E-state index < -0.39 is 0 Å². The second kappa shape index (κ2) is 8.84. The smallest absolute Gasteiger partial charge is 0.134 e. The van der Waals surface area contributed by atoms with Crippen LogP contribution in [0.15, 0.2) is 73.1 Å². The first-order valence-electron chi connectivity index (χ1n) is 11.0. The Morgan fingerprint density at radius 1 is 0.600 bits per heavy atom. The van der Waals surface area contributed by atoms with E-state index in [0.717, 1.165) is 50.9 Å². The zero-order valence-corrected chi connectivity index (χ0v) is 17.4. The third-order valence-electron chi connectivity index (χ3n) is 6.30. The zero-order chi connectivity index (χ0) is 20.2. The standard InChI is InChI=1S/C25H29N5/c1-3-9-21(10-4-1)25(22-11-5-2-6-12-22)30-17-15-29(16-18-30)24-19-23(26-20-27-24)28-13-7-8-14-28/h1-6,9-12,19-20,25H,7-8,13-18H2. The molecule has 3 aromatic rings. The van der Waals surface area contributed by atoms with Crippen LogP contribution in [0.5, 0.6) is 0 Å². The normalized spacial score (nSPS) is 17.6. The Morgan fingerprint density at radius 3 is 1.63 bits per heavy atom. The van der Waals surface area contributed by atoms with Gasteiger partial charge in [0.1, 0.15) is 18.0 Å². The SMILES string of the molecule is c1ccc(C(c2ccccc2)N2CCN(c3cc(N4CCCC4)ncn3)CC2)cc1. The molecule has 3 heterocycles. The van der Waals surface area contributed by atoms with Crippen molar-refractivity contribution in [1.82, 2.24) is 14.9 Å². The highest BCUT2D eigenvalue weighted by molar-refractivity contribution is 5.51. The molecule has 30 heavy (non-hydrogen) atoms. The maximum absolute atomic E-state index is 4.59. The van der Waals surface area contributed by atoms with Crippen LogP contribution in [0.3, 0.4) is 0 Å². The predicted octanol–water partition coefficient (Wildman–Crippen LogP) is 3.99. The molecule has 0 unspecified atom stereocenters. The summed E-state index contributed by atoms with van der Waals surface area (Å²) in [5, 5.41) is 0. The minimum atomic E-state index is 0.292. The van der Waals surface area contributed by atoms with Gasteiger partial charge in [-0.2, -0.15) is 0 Å². The summed E-state index contributed by atoms with van der Waals surface area (Å²) in [7, 11) is 0. The number of nitrogens with zero attached hydrogens (tertiary/aromatic N) is 5. The summed E-state index contributed by atoms with van der Waals surface area (Å²) in [4.78, 5) is 16.5. The molecular formula is C25H29N5. The Hall–Kier alpha value is -2.92. The first-order chi connectivity index (χ1) is 14.9. The van der Waals surface area contributed by atoms with Crippen LogP contribution < -0.4 is 9.80 Å².